The molecule has 103 heavy (non-hydrogen) atoms. The average Bonchev–Trinajstić information content (AvgIpc) is 1.66. The topological polar surface area (TPSA) is 409 Å². The Labute approximate surface area is 621 Å². The summed E-state index contributed by atoms with van der Waals surface area (Å²) in [5.74, 6) is 0.372. The summed E-state index contributed by atoms with van der Waals surface area (Å²) in [5, 5.41) is 13.6. The molecule has 1 atom stereocenters. The molecule has 3 saturated heterocycles. The van der Waals surface area contributed by atoms with E-state index in [-0.39, 0.29) is 63.7 Å². The molecule has 3 amide bonds. The molecule has 14 rings (SSSR count). The number of carbonyl (C=O) groups excluding carboxylic acids is 5. The second-order valence-electron chi connectivity index (χ2n) is 24.8. The van der Waals surface area contributed by atoms with E-state index >= 15 is 0 Å². The number of hydrogen-bond acceptors (Lipinski definition) is 26. The number of nitrogens with two attached hydrogens (primary N) is 2. The van der Waals surface area contributed by atoms with Gasteiger partial charge in [-0.15, -0.1) is 0 Å². The van der Waals surface area contributed by atoms with E-state index < -0.39 is 23.6 Å². The minimum absolute atomic E-state index is 0.0421. The number of esters is 2. The standard InChI is InChI=1S/C22H29ClN6O4.C15H17ClN6O2.C12H13Cl2N5O2.C10H7Cl2N5O.C5H11NO/c1-13(20(31)33-22(2,3)4)29-8-7-28-12-16(26-18(28)19(29)30)17-15(23)11-24-21(27-17)25-14-5-9-32-10-6-14;16-10-7-18-15(19-9-1-5-24-6-2-9)21-12(10)11-8-22-4-3-17-14(23)13(22)20-11;1-2-21-11(20)10-17-8(6-19(10)4-3-15)9-7(13)5-16-12(14)18-9;11-5-3-14-10(12)16-7(5)6-4-17-2-1-13-9(18)8(17)15-6;6-5-1-3-7-4-2-5/h11-14H,5-10H2,1-4H3,(H,24,25,27);7-9H,1-6H2,(H,17,23)(H,18,19,21);5-6H,2-4,15H2,1H3;3-4H,1-2H2,(H,13,18);5H,1-4,6H2. The highest BCUT2D eigenvalue weighted by Crippen LogP contribution is 2.32. The molecule has 0 aromatic carbocycles. The summed E-state index contributed by atoms with van der Waals surface area (Å²) in [5.41, 5.74) is 14.2. The lowest BCUT2D eigenvalue weighted by atomic mass is 10.1. The number of imidazole rings is 4. The maximum Gasteiger partial charge on any atom is 0.374 e. The molecule has 0 aliphatic carbocycles. The van der Waals surface area contributed by atoms with E-state index in [4.69, 9.17) is 105 Å². The van der Waals surface area contributed by atoms with Crippen molar-refractivity contribution in [1.82, 2.24) is 93.6 Å². The average molecular weight is 1540 g/mol. The summed E-state index contributed by atoms with van der Waals surface area (Å²) in [6, 6.07) is 0.207. The highest BCUT2D eigenvalue weighted by molar-refractivity contribution is 6.34. The van der Waals surface area contributed by atoms with Gasteiger partial charge in [-0.2, -0.15) is 0 Å². The van der Waals surface area contributed by atoms with E-state index in [0.717, 1.165) is 65.0 Å². The number of fused-ring (bicyclic) bond motifs is 3. The first-order chi connectivity index (χ1) is 49.4. The summed E-state index contributed by atoms with van der Waals surface area (Å²) in [6.07, 6.45) is 18.5. The third kappa shape index (κ3) is 20.6. The Morgan fingerprint density at radius 2 is 1.00 bits per heavy atom. The van der Waals surface area contributed by atoms with Crippen molar-refractivity contribution in [3.8, 4) is 45.6 Å². The summed E-state index contributed by atoms with van der Waals surface area (Å²) in [4.78, 5) is 113. The molecule has 8 aromatic rings. The van der Waals surface area contributed by atoms with Gasteiger partial charge in [0.15, 0.2) is 17.5 Å². The zero-order valence-corrected chi connectivity index (χ0v) is 61.4. The zero-order chi connectivity index (χ0) is 73.5. The molecule has 8 aromatic heterocycles. The molecule has 0 spiro atoms. The highest BCUT2D eigenvalue weighted by Gasteiger charge is 2.36. The van der Waals surface area contributed by atoms with Gasteiger partial charge in [-0.05, 0) is 96.3 Å². The number of carbonyl (C=O) groups is 5. The third-order valence-electron chi connectivity index (χ3n) is 16.1. The Morgan fingerprint density at radius 1 is 0.583 bits per heavy atom. The molecule has 0 radical (unpaired) electrons. The maximum atomic E-state index is 13.1. The van der Waals surface area contributed by atoms with Gasteiger partial charge < -0.3 is 79.6 Å². The van der Waals surface area contributed by atoms with Crippen LogP contribution in [-0.2, 0) is 54.7 Å². The fourth-order valence-electron chi connectivity index (χ4n) is 10.9. The minimum atomic E-state index is -0.719. The van der Waals surface area contributed by atoms with Gasteiger partial charge in [0.2, 0.25) is 28.3 Å². The Balaban J connectivity index is 0.000000146. The number of hydrogen-bond donors (Lipinski definition) is 6. The van der Waals surface area contributed by atoms with Gasteiger partial charge in [0.05, 0.1) is 51.5 Å². The third-order valence-corrected chi connectivity index (χ3v) is 17.6. The molecule has 0 saturated carbocycles. The van der Waals surface area contributed by atoms with Crippen molar-refractivity contribution in [2.45, 2.75) is 129 Å². The van der Waals surface area contributed by atoms with E-state index in [1.54, 1.807) is 79.3 Å². The monoisotopic (exact) mass is 1540 g/mol. The predicted octanol–water partition coefficient (Wildman–Crippen LogP) is 7.39. The lowest BCUT2D eigenvalue weighted by Gasteiger charge is -2.32. The summed E-state index contributed by atoms with van der Waals surface area (Å²) in [7, 11) is 0. The fraction of sp³-hybridized carbons (Fsp3) is 0.484. The molecule has 1 unspecified atom stereocenters. The van der Waals surface area contributed by atoms with Gasteiger partial charge in [-0.1, -0.05) is 46.4 Å². The van der Waals surface area contributed by atoms with Crippen LogP contribution in [0.1, 0.15) is 116 Å². The van der Waals surface area contributed by atoms with Crippen LogP contribution in [-0.4, -0.2) is 215 Å². The van der Waals surface area contributed by atoms with Crippen LogP contribution in [0, 0.1) is 0 Å². The van der Waals surface area contributed by atoms with Gasteiger partial charge in [0.25, 0.3) is 17.7 Å². The molecule has 8 N–H and O–H groups in total. The molecular weight excluding hydrogens is 1460 g/mol. The van der Waals surface area contributed by atoms with Crippen molar-refractivity contribution in [2.24, 2.45) is 11.5 Å². The SMILES string of the molecule is CC(C(=O)OC(C)(C)C)N1CCn2cc(-c3nc(NC4CCOCC4)ncc3Cl)nc2C1=O.CCOC(=O)c1nc(-c2nc(Cl)ncc2Cl)cn1CCN.NC1CCOCC1.O=C1NCCn2cc(-c3nc(Cl)ncc3Cl)nc21.O=C1NCCn2cc(-c3nc(NC4CCOCC4)ncc3Cl)nc21. The van der Waals surface area contributed by atoms with E-state index in [2.05, 4.69) is 81.1 Å². The van der Waals surface area contributed by atoms with Crippen LogP contribution in [0.5, 0.6) is 0 Å². The van der Waals surface area contributed by atoms with Crippen molar-refractivity contribution in [3.05, 3.63) is 104 Å². The fourth-order valence-corrected chi connectivity index (χ4v) is 12.0. The normalized spacial score (nSPS) is 16.4. The van der Waals surface area contributed by atoms with Crippen molar-refractivity contribution in [1.29, 1.82) is 0 Å². The highest BCUT2D eigenvalue weighted by atomic mass is 35.5. The van der Waals surface area contributed by atoms with Crippen LogP contribution in [0.4, 0.5) is 11.9 Å². The molecule has 3 fully saturated rings. The number of halogens is 6. The summed E-state index contributed by atoms with van der Waals surface area (Å²) in [6.45, 7) is 17.8. The van der Waals surface area contributed by atoms with Crippen LogP contribution in [0.25, 0.3) is 45.6 Å². The van der Waals surface area contributed by atoms with E-state index in [0.29, 0.717) is 156 Å². The number of aromatic nitrogens is 16. The Morgan fingerprint density at radius 3 is 1.42 bits per heavy atom. The van der Waals surface area contributed by atoms with Gasteiger partial charge in [0.1, 0.15) is 57.2 Å². The van der Waals surface area contributed by atoms with Gasteiger partial charge in [-0.3, -0.25) is 14.4 Å². The van der Waals surface area contributed by atoms with Gasteiger partial charge in [-0.25, -0.2) is 69.4 Å². The van der Waals surface area contributed by atoms with Crippen LogP contribution in [0.3, 0.4) is 0 Å². The van der Waals surface area contributed by atoms with E-state index in [9.17, 15) is 24.0 Å². The van der Waals surface area contributed by atoms with Gasteiger partial charge >= 0.3 is 11.9 Å². The van der Waals surface area contributed by atoms with Crippen molar-refractivity contribution in [3.63, 3.8) is 0 Å². The van der Waals surface area contributed by atoms with Crippen LogP contribution >= 0.6 is 69.6 Å². The minimum Gasteiger partial charge on any atom is -0.460 e. The molecule has 6 aliphatic rings. The number of anilines is 2. The number of amides is 3. The van der Waals surface area contributed by atoms with Gasteiger partial charge in [0, 0.05) is 135 Å². The summed E-state index contributed by atoms with van der Waals surface area (Å²) < 4.78 is 33.2. The molecule has 6 aliphatic heterocycles. The quantitative estimate of drug-likeness (QED) is 0.0456. The molecule has 39 heteroatoms. The second kappa shape index (κ2) is 35.9. The predicted molar refractivity (Wildman–Crippen MR) is 382 cm³/mol. The largest absolute Gasteiger partial charge is 0.460 e. The Kier molecular flexibility index (Phi) is 26.9. The van der Waals surface area contributed by atoms with Crippen LogP contribution < -0.4 is 32.7 Å². The first kappa shape index (κ1) is 77.3. The smallest absolute Gasteiger partial charge is 0.374 e. The number of nitrogens with one attached hydrogen (secondary N) is 4. The molecular formula is C64H77Cl6N23O10. The zero-order valence-electron chi connectivity index (χ0n) is 56.9. The Hall–Kier alpha value is -8.35. The molecule has 550 valence electrons. The second-order valence-corrected chi connectivity index (χ2v) is 27.1. The molecule has 0 bridgehead atoms. The van der Waals surface area contributed by atoms with Crippen molar-refractivity contribution >= 4 is 111 Å². The van der Waals surface area contributed by atoms with Crippen LogP contribution in [0.15, 0.2) is 49.6 Å². The lowest BCUT2D eigenvalue weighted by molar-refractivity contribution is -0.160. The van der Waals surface area contributed by atoms with E-state index in [1.165, 1.54) is 23.5 Å². The van der Waals surface area contributed by atoms with E-state index in [1.807, 2.05) is 4.57 Å². The Bertz CT molecular complexity index is 4300. The molecule has 14 heterocycles. The maximum absolute atomic E-state index is 13.1. The first-order valence-electron chi connectivity index (χ1n) is 33.1. The van der Waals surface area contributed by atoms with Crippen LogP contribution in [0.2, 0.25) is 30.7 Å². The molecule has 33 nitrogen and oxygen atoms in total. The summed E-state index contributed by atoms with van der Waals surface area (Å²) >= 11 is 36.1. The first-order valence-corrected chi connectivity index (χ1v) is 35.4. The van der Waals surface area contributed by atoms with Crippen molar-refractivity contribution in [2.75, 3.05) is 83.1 Å². The van der Waals surface area contributed by atoms with Crippen molar-refractivity contribution < 1.29 is 47.7 Å². The number of rotatable bonds is 14. The number of nitrogens with zero attached hydrogens (tertiary/aromatic N) is 17. The number of ether oxygens (including phenoxy) is 5. The lowest BCUT2D eigenvalue weighted by Crippen LogP contribution is -2.50.